The average molecular weight is 366 g/mol. The van der Waals surface area contributed by atoms with Crippen LogP contribution in [0.2, 0.25) is 0 Å². The number of carbonyl (C=O) groups excluding carboxylic acids is 1. The third kappa shape index (κ3) is 4.69. The van der Waals surface area contributed by atoms with E-state index in [2.05, 4.69) is 0 Å². The molecule has 1 heterocycles. The van der Waals surface area contributed by atoms with Gasteiger partial charge in [-0.2, -0.15) is 0 Å². The van der Waals surface area contributed by atoms with Gasteiger partial charge in [-0.25, -0.2) is 9.59 Å². The van der Waals surface area contributed by atoms with Gasteiger partial charge in [0.25, 0.3) is 0 Å². The standard InChI is InChI=1S/C17H22N2O7/c1-17(2,3)26-16(23)18-5-4-10-6-12(14(20)9-19(24)25)13(15(21)22)7-11(10)8-18/h6-7,14,20H,4-5,8-9H2,1-3H3,(H,21,22). The van der Waals surface area contributed by atoms with Crippen LogP contribution in [-0.4, -0.2) is 50.8 Å². The molecule has 1 aromatic rings. The molecule has 0 fully saturated rings. The Labute approximate surface area is 150 Å². The van der Waals surface area contributed by atoms with Gasteiger partial charge in [0.05, 0.1) is 5.56 Å². The molecule has 9 nitrogen and oxygen atoms in total. The number of hydrogen-bond acceptors (Lipinski definition) is 6. The van der Waals surface area contributed by atoms with Gasteiger partial charge in [-0.1, -0.05) is 6.07 Å². The summed E-state index contributed by atoms with van der Waals surface area (Å²) in [6.45, 7) is 5.05. The maximum absolute atomic E-state index is 12.2. The van der Waals surface area contributed by atoms with E-state index in [9.17, 15) is 29.9 Å². The summed E-state index contributed by atoms with van der Waals surface area (Å²) in [5, 5.41) is 30.0. The summed E-state index contributed by atoms with van der Waals surface area (Å²) in [6.07, 6.45) is -1.56. The van der Waals surface area contributed by atoms with Crippen molar-refractivity contribution in [3.8, 4) is 0 Å². The van der Waals surface area contributed by atoms with E-state index in [1.165, 1.54) is 17.0 Å². The Hall–Kier alpha value is -2.68. The Morgan fingerprint density at radius 1 is 1.35 bits per heavy atom. The van der Waals surface area contributed by atoms with Crippen molar-refractivity contribution in [1.29, 1.82) is 0 Å². The average Bonchev–Trinajstić information content (AvgIpc) is 2.50. The summed E-state index contributed by atoms with van der Waals surface area (Å²) in [5.74, 6) is -1.29. The molecule has 0 bridgehead atoms. The number of hydrogen-bond donors (Lipinski definition) is 2. The zero-order valence-electron chi connectivity index (χ0n) is 14.9. The molecule has 9 heteroatoms. The van der Waals surface area contributed by atoms with Gasteiger partial charge >= 0.3 is 12.1 Å². The minimum absolute atomic E-state index is 0.0127. The van der Waals surface area contributed by atoms with Gasteiger partial charge in [-0.3, -0.25) is 10.1 Å². The fourth-order valence-corrected chi connectivity index (χ4v) is 2.81. The van der Waals surface area contributed by atoms with Crippen molar-refractivity contribution in [3.63, 3.8) is 0 Å². The lowest BCUT2D eigenvalue weighted by Gasteiger charge is -2.31. The van der Waals surface area contributed by atoms with Crippen molar-refractivity contribution in [2.75, 3.05) is 13.1 Å². The first kappa shape index (κ1) is 19.6. The summed E-state index contributed by atoms with van der Waals surface area (Å²) in [7, 11) is 0. The number of carboxylic acids is 1. The van der Waals surface area contributed by atoms with Crippen LogP contribution in [0.3, 0.4) is 0 Å². The van der Waals surface area contributed by atoms with Gasteiger partial charge < -0.3 is 19.8 Å². The van der Waals surface area contributed by atoms with E-state index in [-0.39, 0.29) is 17.7 Å². The number of aromatic carboxylic acids is 1. The topological polar surface area (TPSA) is 130 Å². The molecule has 0 aromatic heterocycles. The molecule has 1 aliphatic rings. The highest BCUT2D eigenvalue weighted by molar-refractivity contribution is 5.90. The number of ether oxygens (including phenoxy) is 1. The molecule has 0 saturated heterocycles. The lowest BCUT2D eigenvalue weighted by atomic mass is 9.91. The normalized spacial score (nSPS) is 15.2. The van der Waals surface area contributed by atoms with Crippen molar-refractivity contribution in [2.45, 2.75) is 45.4 Å². The van der Waals surface area contributed by atoms with Crippen LogP contribution >= 0.6 is 0 Å². The molecule has 0 saturated carbocycles. The molecular weight excluding hydrogens is 344 g/mol. The van der Waals surface area contributed by atoms with Crippen molar-refractivity contribution < 1.29 is 29.5 Å². The van der Waals surface area contributed by atoms with Gasteiger partial charge in [0.1, 0.15) is 11.7 Å². The molecule has 0 spiro atoms. The number of nitrogens with zero attached hydrogens (tertiary/aromatic N) is 2. The Morgan fingerprint density at radius 2 is 2.00 bits per heavy atom. The number of nitro groups is 1. The van der Waals surface area contributed by atoms with E-state index in [4.69, 9.17) is 4.74 Å². The zero-order valence-corrected chi connectivity index (χ0v) is 14.9. The second kappa shape index (κ2) is 7.28. The van der Waals surface area contributed by atoms with Gasteiger partial charge in [-0.05, 0) is 44.4 Å². The second-order valence-corrected chi connectivity index (χ2v) is 7.20. The number of aliphatic hydroxyl groups excluding tert-OH is 1. The van der Waals surface area contributed by atoms with E-state index in [0.29, 0.717) is 18.5 Å². The van der Waals surface area contributed by atoms with Gasteiger partial charge in [-0.15, -0.1) is 0 Å². The lowest BCUT2D eigenvalue weighted by Crippen LogP contribution is -2.40. The molecule has 1 atom stereocenters. The number of carbonyl (C=O) groups is 2. The van der Waals surface area contributed by atoms with E-state index in [1.54, 1.807) is 20.8 Å². The van der Waals surface area contributed by atoms with Gasteiger partial charge in [0.15, 0.2) is 0 Å². The number of rotatable bonds is 4. The molecule has 1 amide bonds. The third-order valence-corrected chi connectivity index (χ3v) is 3.95. The number of benzene rings is 1. The maximum Gasteiger partial charge on any atom is 0.410 e. The highest BCUT2D eigenvalue weighted by Gasteiger charge is 2.29. The van der Waals surface area contributed by atoms with Crippen LogP contribution < -0.4 is 0 Å². The van der Waals surface area contributed by atoms with Crippen molar-refractivity contribution >= 4 is 12.1 Å². The van der Waals surface area contributed by atoms with Crippen LogP contribution in [0.25, 0.3) is 0 Å². The second-order valence-electron chi connectivity index (χ2n) is 7.20. The fraction of sp³-hybridized carbons (Fsp3) is 0.529. The number of amides is 1. The van der Waals surface area contributed by atoms with Crippen molar-refractivity contribution in [3.05, 3.63) is 44.5 Å². The molecule has 0 radical (unpaired) electrons. The largest absolute Gasteiger partial charge is 0.478 e. The third-order valence-electron chi connectivity index (χ3n) is 3.95. The van der Waals surface area contributed by atoms with Gasteiger partial charge in [0, 0.05) is 23.6 Å². The summed E-state index contributed by atoms with van der Waals surface area (Å²) < 4.78 is 5.33. The van der Waals surface area contributed by atoms with E-state index < -0.39 is 35.2 Å². The minimum atomic E-state index is -1.51. The molecular formula is C17H22N2O7. The van der Waals surface area contributed by atoms with Crippen LogP contribution in [0.15, 0.2) is 12.1 Å². The Balaban J connectivity index is 2.31. The molecule has 1 unspecified atom stereocenters. The number of aliphatic hydroxyl groups is 1. The summed E-state index contributed by atoms with van der Waals surface area (Å²) in [5.41, 5.74) is 0.548. The molecule has 0 aliphatic carbocycles. The van der Waals surface area contributed by atoms with E-state index >= 15 is 0 Å². The quantitative estimate of drug-likeness (QED) is 0.615. The van der Waals surface area contributed by atoms with Crippen LogP contribution in [0.5, 0.6) is 0 Å². The Bertz CT molecular complexity index is 739. The predicted molar refractivity (Wildman–Crippen MR) is 90.6 cm³/mol. The SMILES string of the molecule is CC(C)(C)OC(=O)N1CCc2cc(C(O)C[N+](=O)[O-])c(C(=O)O)cc2C1. The molecule has 142 valence electrons. The highest BCUT2D eigenvalue weighted by Crippen LogP contribution is 2.28. The monoisotopic (exact) mass is 366 g/mol. The minimum Gasteiger partial charge on any atom is -0.478 e. The number of carboxylic acid groups (broad SMARTS) is 1. The Morgan fingerprint density at radius 3 is 2.54 bits per heavy atom. The van der Waals surface area contributed by atoms with Crippen LogP contribution in [0, 0.1) is 10.1 Å². The van der Waals surface area contributed by atoms with Crippen LogP contribution in [-0.2, 0) is 17.7 Å². The smallest absolute Gasteiger partial charge is 0.410 e. The first-order chi connectivity index (χ1) is 12.0. The summed E-state index contributed by atoms with van der Waals surface area (Å²) >= 11 is 0. The summed E-state index contributed by atoms with van der Waals surface area (Å²) in [6, 6.07) is 2.85. The lowest BCUT2D eigenvalue weighted by molar-refractivity contribution is -0.491. The molecule has 2 rings (SSSR count). The van der Waals surface area contributed by atoms with Crippen molar-refractivity contribution in [2.24, 2.45) is 0 Å². The molecule has 1 aromatic carbocycles. The van der Waals surface area contributed by atoms with Crippen molar-refractivity contribution in [1.82, 2.24) is 4.90 Å². The molecule has 2 N–H and O–H groups in total. The summed E-state index contributed by atoms with van der Waals surface area (Å²) in [4.78, 5) is 35.1. The predicted octanol–water partition coefficient (Wildman–Crippen LogP) is 1.99. The first-order valence-electron chi connectivity index (χ1n) is 8.14. The van der Waals surface area contributed by atoms with E-state index in [0.717, 1.165) is 5.56 Å². The molecule has 26 heavy (non-hydrogen) atoms. The van der Waals surface area contributed by atoms with E-state index in [1.807, 2.05) is 0 Å². The highest BCUT2D eigenvalue weighted by atomic mass is 16.6. The van der Waals surface area contributed by atoms with Gasteiger partial charge in [0.2, 0.25) is 6.54 Å². The number of fused-ring (bicyclic) bond motifs is 1. The first-order valence-corrected chi connectivity index (χ1v) is 8.14. The fourth-order valence-electron chi connectivity index (χ4n) is 2.81. The van der Waals surface area contributed by atoms with Crippen LogP contribution in [0.1, 0.15) is 53.9 Å². The maximum atomic E-state index is 12.2. The zero-order chi connectivity index (χ0) is 19.6. The molecule has 1 aliphatic heterocycles. The Kier molecular flexibility index (Phi) is 5.50. The van der Waals surface area contributed by atoms with Crippen LogP contribution in [0.4, 0.5) is 4.79 Å².